The highest BCUT2D eigenvalue weighted by molar-refractivity contribution is 6.30. The summed E-state index contributed by atoms with van der Waals surface area (Å²) in [5, 5.41) is 14.6. The van der Waals surface area contributed by atoms with Gasteiger partial charge >= 0.3 is 0 Å². The molecule has 0 aromatic heterocycles. The van der Waals surface area contributed by atoms with Crippen LogP contribution in [0.2, 0.25) is 5.02 Å². The lowest BCUT2D eigenvalue weighted by Gasteiger charge is -2.28. The highest BCUT2D eigenvalue weighted by Crippen LogP contribution is 2.25. The minimum absolute atomic E-state index is 0.573. The molecule has 2 nitrogen and oxygen atoms in total. The van der Waals surface area contributed by atoms with Crippen molar-refractivity contribution in [2.24, 2.45) is 5.92 Å². The molecule has 1 unspecified atom stereocenters. The van der Waals surface area contributed by atoms with Crippen molar-refractivity contribution in [1.29, 1.82) is 0 Å². The van der Waals surface area contributed by atoms with Gasteiger partial charge in [-0.25, -0.2) is 0 Å². The van der Waals surface area contributed by atoms with E-state index >= 15 is 0 Å². The van der Waals surface area contributed by atoms with Gasteiger partial charge < -0.3 is 10.4 Å². The largest absolute Gasteiger partial charge is 0.384 e. The average molecular weight is 256 g/mol. The molecule has 1 rings (SSSR count). The second-order valence-corrected chi connectivity index (χ2v) is 5.35. The predicted molar refractivity (Wildman–Crippen MR) is 73.3 cm³/mol. The molecule has 0 aliphatic carbocycles. The van der Waals surface area contributed by atoms with Crippen LogP contribution in [0, 0.1) is 5.92 Å². The zero-order valence-corrected chi connectivity index (χ0v) is 11.6. The van der Waals surface area contributed by atoms with E-state index in [0.717, 1.165) is 12.1 Å². The maximum atomic E-state index is 10.6. The molecule has 2 N–H and O–H groups in total. The Morgan fingerprint density at radius 1 is 1.29 bits per heavy atom. The maximum absolute atomic E-state index is 10.6. The van der Waals surface area contributed by atoms with E-state index in [0.29, 0.717) is 23.9 Å². The fourth-order valence-corrected chi connectivity index (χ4v) is 1.88. The third-order valence-corrected chi connectivity index (χ3v) is 3.19. The molecule has 0 radical (unpaired) electrons. The van der Waals surface area contributed by atoms with Crippen molar-refractivity contribution in [2.45, 2.75) is 32.8 Å². The summed E-state index contributed by atoms with van der Waals surface area (Å²) in [7, 11) is 0. The van der Waals surface area contributed by atoms with Crippen LogP contribution in [-0.4, -0.2) is 18.2 Å². The minimum atomic E-state index is -0.806. The van der Waals surface area contributed by atoms with Crippen molar-refractivity contribution < 1.29 is 5.11 Å². The van der Waals surface area contributed by atoms with Gasteiger partial charge in [-0.3, -0.25) is 0 Å². The fraction of sp³-hybridized carbons (Fsp3) is 0.571. The van der Waals surface area contributed by atoms with Gasteiger partial charge in [0.25, 0.3) is 0 Å². The van der Waals surface area contributed by atoms with Crippen LogP contribution < -0.4 is 5.32 Å². The SMILES string of the molecule is CCC(O)(CNCC(C)C)c1ccc(Cl)cc1. The molecule has 0 fully saturated rings. The standard InChI is InChI=1S/C14H22ClNO/c1-4-14(17,10-16-9-11(2)3)12-5-7-13(15)8-6-12/h5-8,11,16-17H,4,9-10H2,1-3H3. The van der Waals surface area contributed by atoms with Gasteiger partial charge in [0.15, 0.2) is 0 Å². The van der Waals surface area contributed by atoms with Crippen LogP contribution in [-0.2, 0) is 5.60 Å². The fourth-order valence-electron chi connectivity index (χ4n) is 1.76. The minimum Gasteiger partial charge on any atom is -0.384 e. The lowest BCUT2D eigenvalue weighted by molar-refractivity contribution is 0.0322. The van der Waals surface area contributed by atoms with E-state index in [1.807, 2.05) is 31.2 Å². The van der Waals surface area contributed by atoms with Gasteiger partial charge in [-0.05, 0) is 36.6 Å². The molecule has 0 saturated heterocycles. The molecule has 0 aliphatic heterocycles. The topological polar surface area (TPSA) is 32.3 Å². The van der Waals surface area contributed by atoms with Crippen molar-refractivity contribution in [3.63, 3.8) is 0 Å². The molecule has 1 aromatic carbocycles. The Balaban J connectivity index is 2.70. The van der Waals surface area contributed by atoms with Gasteiger partial charge in [0.1, 0.15) is 5.60 Å². The van der Waals surface area contributed by atoms with Crippen LogP contribution in [0.5, 0.6) is 0 Å². The summed E-state index contributed by atoms with van der Waals surface area (Å²) < 4.78 is 0. The Hall–Kier alpha value is -0.570. The quantitative estimate of drug-likeness (QED) is 0.818. The average Bonchev–Trinajstić information content (AvgIpc) is 2.29. The summed E-state index contributed by atoms with van der Waals surface area (Å²) in [5.74, 6) is 0.585. The first-order valence-electron chi connectivity index (χ1n) is 6.17. The van der Waals surface area contributed by atoms with Crippen molar-refractivity contribution in [3.8, 4) is 0 Å². The number of aliphatic hydroxyl groups is 1. The lowest BCUT2D eigenvalue weighted by Crippen LogP contribution is -2.38. The Kier molecular flexibility index (Phi) is 5.44. The molecular formula is C14H22ClNO. The first kappa shape index (κ1) is 14.5. The van der Waals surface area contributed by atoms with E-state index in [1.54, 1.807) is 0 Å². The van der Waals surface area contributed by atoms with E-state index in [-0.39, 0.29) is 0 Å². The Bertz CT molecular complexity index is 337. The Morgan fingerprint density at radius 2 is 1.88 bits per heavy atom. The third-order valence-electron chi connectivity index (χ3n) is 2.94. The molecular weight excluding hydrogens is 234 g/mol. The van der Waals surface area contributed by atoms with Crippen LogP contribution in [0.15, 0.2) is 24.3 Å². The number of hydrogen-bond donors (Lipinski definition) is 2. The number of nitrogens with one attached hydrogen (secondary N) is 1. The maximum Gasteiger partial charge on any atom is 0.102 e. The van der Waals surface area contributed by atoms with Crippen LogP contribution in [0.3, 0.4) is 0 Å². The van der Waals surface area contributed by atoms with Crippen LogP contribution in [0.1, 0.15) is 32.8 Å². The van der Waals surface area contributed by atoms with Crippen molar-refractivity contribution in [1.82, 2.24) is 5.32 Å². The summed E-state index contributed by atoms with van der Waals surface area (Å²) in [6, 6.07) is 7.42. The molecule has 96 valence electrons. The van der Waals surface area contributed by atoms with Crippen molar-refractivity contribution >= 4 is 11.6 Å². The van der Waals surface area contributed by atoms with Crippen LogP contribution >= 0.6 is 11.6 Å². The van der Waals surface area contributed by atoms with E-state index in [2.05, 4.69) is 19.2 Å². The second kappa shape index (κ2) is 6.39. The summed E-state index contributed by atoms with van der Waals surface area (Å²) >= 11 is 5.85. The highest BCUT2D eigenvalue weighted by Gasteiger charge is 2.26. The van der Waals surface area contributed by atoms with E-state index < -0.39 is 5.60 Å². The van der Waals surface area contributed by atoms with Crippen molar-refractivity contribution in [3.05, 3.63) is 34.9 Å². The summed E-state index contributed by atoms with van der Waals surface area (Å²) in [6.45, 7) is 7.78. The first-order chi connectivity index (χ1) is 7.98. The summed E-state index contributed by atoms with van der Waals surface area (Å²) in [5.41, 5.74) is 0.111. The normalized spacial score (nSPS) is 14.9. The monoisotopic (exact) mass is 255 g/mol. The van der Waals surface area contributed by atoms with E-state index in [9.17, 15) is 5.11 Å². The first-order valence-corrected chi connectivity index (χ1v) is 6.55. The number of benzene rings is 1. The predicted octanol–water partition coefficient (Wildman–Crippen LogP) is 3.18. The second-order valence-electron chi connectivity index (χ2n) is 4.92. The Morgan fingerprint density at radius 3 is 2.35 bits per heavy atom. The molecule has 1 aromatic rings. The smallest absolute Gasteiger partial charge is 0.102 e. The zero-order chi connectivity index (χ0) is 12.9. The molecule has 0 saturated carbocycles. The van der Waals surface area contributed by atoms with Gasteiger partial charge in [0, 0.05) is 11.6 Å². The summed E-state index contributed by atoms with van der Waals surface area (Å²) in [4.78, 5) is 0. The van der Waals surface area contributed by atoms with Gasteiger partial charge in [-0.2, -0.15) is 0 Å². The molecule has 17 heavy (non-hydrogen) atoms. The molecule has 0 amide bonds. The van der Waals surface area contributed by atoms with Crippen LogP contribution in [0.25, 0.3) is 0 Å². The van der Waals surface area contributed by atoms with Crippen molar-refractivity contribution in [2.75, 3.05) is 13.1 Å². The highest BCUT2D eigenvalue weighted by atomic mass is 35.5. The number of halogens is 1. The van der Waals surface area contributed by atoms with Gasteiger partial charge in [-0.15, -0.1) is 0 Å². The zero-order valence-electron chi connectivity index (χ0n) is 10.8. The van der Waals surface area contributed by atoms with E-state index in [1.165, 1.54) is 0 Å². The molecule has 0 aliphatic rings. The van der Waals surface area contributed by atoms with Gasteiger partial charge in [0.2, 0.25) is 0 Å². The molecule has 1 atom stereocenters. The molecule has 0 bridgehead atoms. The number of hydrogen-bond acceptors (Lipinski definition) is 2. The third kappa shape index (κ3) is 4.30. The Labute approximate surface area is 109 Å². The van der Waals surface area contributed by atoms with Crippen LogP contribution in [0.4, 0.5) is 0 Å². The lowest BCUT2D eigenvalue weighted by atomic mass is 9.91. The number of rotatable bonds is 6. The molecule has 0 spiro atoms. The van der Waals surface area contributed by atoms with Gasteiger partial charge in [0.05, 0.1) is 0 Å². The molecule has 3 heteroatoms. The molecule has 0 heterocycles. The summed E-state index contributed by atoms with van der Waals surface area (Å²) in [6.07, 6.45) is 0.680. The van der Waals surface area contributed by atoms with E-state index in [4.69, 9.17) is 11.6 Å². The van der Waals surface area contributed by atoms with Gasteiger partial charge in [-0.1, -0.05) is 44.5 Å².